The maximum atomic E-state index is 13.1. The minimum absolute atomic E-state index is 0.156. The molecule has 1 aromatic carbocycles. The van der Waals surface area contributed by atoms with Crippen LogP contribution in [-0.2, 0) is 6.42 Å². The predicted molar refractivity (Wildman–Crippen MR) is 63.3 cm³/mol. The Hall–Kier alpha value is -0.410. The van der Waals surface area contributed by atoms with Crippen LogP contribution in [0.2, 0.25) is 0 Å². The van der Waals surface area contributed by atoms with Gasteiger partial charge in [-0.15, -0.1) is 0 Å². The minimum Gasteiger partial charge on any atom is -0.393 e. The maximum absolute atomic E-state index is 13.1. The molecule has 0 radical (unpaired) electrons. The number of hydrogen-bond donors (Lipinski definition) is 1. The van der Waals surface area contributed by atoms with Gasteiger partial charge in [0.25, 0.3) is 0 Å². The smallest absolute Gasteiger partial charge is 0.124 e. The van der Waals surface area contributed by atoms with Crippen molar-refractivity contribution < 1.29 is 9.50 Å². The zero-order valence-corrected chi connectivity index (χ0v) is 10.6. The Morgan fingerprint density at radius 3 is 2.60 bits per heavy atom. The molecule has 0 aromatic heterocycles. The summed E-state index contributed by atoms with van der Waals surface area (Å²) in [6.07, 6.45) is 1.12. The van der Waals surface area contributed by atoms with Gasteiger partial charge in [-0.2, -0.15) is 0 Å². The van der Waals surface area contributed by atoms with Crippen molar-refractivity contribution in [1.82, 2.24) is 0 Å². The molecule has 0 aliphatic carbocycles. The van der Waals surface area contributed by atoms with Crippen LogP contribution in [0.5, 0.6) is 0 Å². The highest BCUT2D eigenvalue weighted by atomic mass is 79.9. The van der Waals surface area contributed by atoms with Crippen LogP contribution in [0.4, 0.5) is 4.39 Å². The third-order valence-corrected chi connectivity index (χ3v) is 3.01. The quantitative estimate of drug-likeness (QED) is 0.891. The summed E-state index contributed by atoms with van der Waals surface area (Å²) in [5.41, 5.74) is 0.918. The van der Waals surface area contributed by atoms with Crippen LogP contribution in [0.15, 0.2) is 22.7 Å². The molecule has 0 aliphatic rings. The van der Waals surface area contributed by atoms with E-state index < -0.39 is 0 Å². The van der Waals surface area contributed by atoms with Crippen molar-refractivity contribution in [3.05, 3.63) is 34.1 Å². The first kappa shape index (κ1) is 12.7. The van der Waals surface area contributed by atoms with E-state index in [0.717, 1.165) is 16.5 Å². The van der Waals surface area contributed by atoms with E-state index in [2.05, 4.69) is 15.9 Å². The summed E-state index contributed by atoms with van der Waals surface area (Å²) in [4.78, 5) is 0. The van der Waals surface area contributed by atoms with Gasteiger partial charge >= 0.3 is 0 Å². The van der Waals surface area contributed by atoms with Gasteiger partial charge in [-0.1, -0.05) is 29.8 Å². The van der Waals surface area contributed by atoms with Gasteiger partial charge in [0, 0.05) is 4.47 Å². The molecule has 1 rings (SSSR count). The highest BCUT2D eigenvalue weighted by Crippen LogP contribution is 2.19. The molecule has 84 valence electrons. The standard InChI is InChI=1S/C12H16BrFO/c1-3-12(15)8(2)4-9-5-10(13)7-11(14)6-9/h5-8,12,15H,3-4H2,1-2H3. The van der Waals surface area contributed by atoms with E-state index in [-0.39, 0.29) is 17.8 Å². The Labute approximate surface area is 98.4 Å². The van der Waals surface area contributed by atoms with E-state index in [1.54, 1.807) is 0 Å². The third kappa shape index (κ3) is 3.92. The highest BCUT2D eigenvalue weighted by molar-refractivity contribution is 9.10. The number of benzene rings is 1. The molecule has 0 amide bonds. The van der Waals surface area contributed by atoms with Gasteiger partial charge < -0.3 is 5.11 Å². The number of hydrogen-bond acceptors (Lipinski definition) is 1. The number of aliphatic hydroxyl groups is 1. The Balaban J connectivity index is 2.72. The van der Waals surface area contributed by atoms with Crippen LogP contribution in [-0.4, -0.2) is 11.2 Å². The summed E-state index contributed by atoms with van der Waals surface area (Å²) >= 11 is 3.25. The van der Waals surface area contributed by atoms with Gasteiger partial charge in [0.05, 0.1) is 6.10 Å². The SMILES string of the molecule is CCC(O)C(C)Cc1cc(F)cc(Br)c1. The summed E-state index contributed by atoms with van der Waals surface area (Å²) in [7, 11) is 0. The summed E-state index contributed by atoms with van der Waals surface area (Å²) in [5, 5.41) is 9.62. The molecule has 2 unspecified atom stereocenters. The van der Waals surface area contributed by atoms with Gasteiger partial charge in [-0.05, 0) is 42.5 Å². The molecule has 0 bridgehead atoms. The first-order valence-electron chi connectivity index (χ1n) is 5.16. The molecule has 0 aliphatic heterocycles. The van der Waals surface area contributed by atoms with E-state index in [1.807, 2.05) is 19.9 Å². The molecule has 2 atom stereocenters. The van der Waals surface area contributed by atoms with Crippen molar-refractivity contribution in [2.45, 2.75) is 32.8 Å². The van der Waals surface area contributed by atoms with E-state index in [1.165, 1.54) is 12.1 Å². The molecule has 3 heteroatoms. The summed E-state index contributed by atoms with van der Waals surface area (Å²) in [6, 6.07) is 4.84. The molecule has 15 heavy (non-hydrogen) atoms. The van der Waals surface area contributed by atoms with Crippen LogP contribution >= 0.6 is 15.9 Å². The highest BCUT2D eigenvalue weighted by Gasteiger charge is 2.13. The zero-order valence-electron chi connectivity index (χ0n) is 9.00. The largest absolute Gasteiger partial charge is 0.393 e. The van der Waals surface area contributed by atoms with E-state index in [0.29, 0.717) is 6.42 Å². The third-order valence-electron chi connectivity index (χ3n) is 2.56. The first-order valence-corrected chi connectivity index (χ1v) is 5.95. The molecule has 1 N–H and O–H groups in total. The Bertz CT molecular complexity index is 307. The van der Waals surface area contributed by atoms with Gasteiger partial charge in [-0.25, -0.2) is 4.39 Å². The van der Waals surface area contributed by atoms with Crippen molar-refractivity contribution in [3.8, 4) is 0 Å². The lowest BCUT2D eigenvalue weighted by Crippen LogP contribution is -2.18. The van der Waals surface area contributed by atoms with Crippen LogP contribution in [0.25, 0.3) is 0 Å². The lowest BCUT2D eigenvalue weighted by molar-refractivity contribution is 0.112. The molecule has 0 saturated heterocycles. The molecule has 1 nitrogen and oxygen atoms in total. The van der Waals surface area contributed by atoms with Crippen molar-refractivity contribution in [2.75, 3.05) is 0 Å². The zero-order chi connectivity index (χ0) is 11.4. The van der Waals surface area contributed by atoms with Crippen molar-refractivity contribution in [3.63, 3.8) is 0 Å². The molecule has 0 saturated carbocycles. The van der Waals surface area contributed by atoms with Crippen molar-refractivity contribution in [2.24, 2.45) is 5.92 Å². The number of aliphatic hydroxyl groups excluding tert-OH is 1. The summed E-state index contributed by atoms with van der Waals surface area (Å²) in [6.45, 7) is 3.93. The number of halogens is 2. The molecule has 0 spiro atoms. The Morgan fingerprint density at radius 1 is 1.40 bits per heavy atom. The fraction of sp³-hybridized carbons (Fsp3) is 0.500. The fourth-order valence-corrected chi connectivity index (χ4v) is 2.15. The van der Waals surface area contributed by atoms with Crippen LogP contribution in [0, 0.1) is 11.7 Å². The average molecular weight is 275 g/mol. The fourth-order valence-electron chi connectivity index (χ4n) is 1.64. The minimum atomic E-state index is -0.313. The van der Waals surface area contributed by atoms with Gasteiger partial charge in [-0.3, -0.25) is 0 Å². The topological polar surface area (TPSA) is 20.2 Å². The summed E-state index contributed by atoms with van der Waals surface area (Å²) in [5.74, 6) is -0.0822. The summed E-state index contributed by atoms with van der Waals surface area (Å²) < 4.78 is 13.8. The molecule has 0 fully saturated rings. The van der Waals surface area contributed by atoms with Gasteiger partial charge in [0.2, 0.25) is 0 Å². The Morgan fingerprint density at radius 2 is 2.07 bits per heavy atom. The number of rotatable bonds is 4. The van der Waals surface area contributed by atoms with Crippen LogP contribution in [0.3, 0.4) is 0 Å². The van der Waals surface area contributed by atoms with Gasteiger partial charge in [0.15, 0.2) is 0 Å². The van der Waals surface area contributed by atoms with E-state index in [9.17, 15) is 9.50 Å². The Kier molecular flexibility index (Phi) is 4.74. The lowest BCUT2D eigenvalue weighted by atomic mass is 9.94. The predicted octanol–water partition coefficient (Wildman–Crippen LogP) is 3.54. The normalized spacial score (nSPS) is 15.0. The molecule has 0 heterocycles. The molecule has 1 aromatic rings. The van der Waals surface area contributed by atoms with E-state index in [4.69, 9.17) is 0 Å². The second kappa shape index (κ2) is 5.61. The van der Waals surface area contributed by atoms with E-state index >= 15 is 0 Å². The van der Waals surface area contributed by atoms with Gasteiger partial charge in [0.1, 0.15) is 5.82 Å². The maximum Gasteiger partial charge on any atom is 0.124 e. The van der Waals surface area contributed by atoms with Crippen LogP contribution < -0.4 is 0 Å². The average Bonchev–Trinajstić information content (AvgIpc) is 2.14. The lowest BCUT2D eigenvalue weighted by Gasteiger charge is -2.17. The van der Waals surface area contributed by atoms with Crippen molar-refractivity contribution in [1.29, 1.82) is 0 Å². The first-order chi connectivity index (χ1) is 7.02. The van der Waals surface area contributed by atoms with Crippen molar-refractivity contribution >= 4 is 15.9 Å². The molecular formula is C12H16BrFO. The van der Waals surface area contributed by atoms with Crippen LogP contribution in [0.1, 0.15) is 25.8 Å². The molecular weight excluding hydrogens is 259 g/mol. The monoisotopic (exact) mass is 274 g/mol. The second-order valence-electron chi connectivity index (χ2n) is 3.93. The second-order valence-corrected chi connectivity index (χ2v) is 4.85.